The van der Waals surface area contributed by atoms with Gasteiger partial charge in [0.1, 0.15) is 4.47 Å². The first kappa shape index (κ1) is 10.6. The topological polar surface area (TPSA) is 67.2 Å². The summed E-state index contributed by atoms with van der Waals surface area (Å²) in [5.41, 5.74) is 0.217. The molecule has 0 spiro atoms. The third-order valence-corrected chi connectivity index (χ3v) is 3.40. The number of nitrogens with zero attached hydrogens (tertiary/aromatic N) is 2. The number of halogens is 1. The smallest absolute Gasteiger partial charge is 0.282 e. The molecule has 2 rings (SSSR count). The van der Waals surface area contributed by atoms with Gasteiger partial charge in [0.25, 0.3) is 5.56 Å². The van der Waals surface area contributed by atoms with E-state index in [2.05, 4.69) is 26.3 Å². The molecule has 0 aromatic carbocycles. The van der Waals surface area contributed by atoms with Crippen molar-refractivity contribution in [2.75, 3.05) is 11.9 Å². The summed E-state index contributed by atoms with van der Waals surface area (Å²) in [4.78, 5) is 11.5. The van der Waals surface area contributed by atoms with Crippen molar-refractivity contribution in [3.05, 3.63) is 21.0 Å². The lowest BCUT2D eigenvalue weighted by atomic mass is 10.3. The number of aromatic nitrogens is 2. The Hall–Kier alpha value is -0.880. The molecule has 1 heterocycles. The van der Waals surface area contributed by atoms with Crippen LogP contribution in [0, 0.1) is 0 Å². The van der Waals surface area contributed by atoms with Crippen molar-refractivity contribution >= 4 is 21.6 Å². The summed E-state index contributed by atoms with van der Waals surface area (Å²) in [5, 5.41) is 16.2. The number of aliphatic hydroxyl groups excluding tert-OH is 1. The molecule has 1 aromatic heterocycles. The first-order valence-corrected chi connectivity index (χ1v) is 5.48. The van der Waals surface area contributed by atoms with Crippen LogP contribution >= 0.6 is 15.9 Å². The lowest BCUT2D eigenvalue weighted by Gasteiger charge is -2.16. The van der Waals surface area contributed by atoms with Crippen LogP contribution in [0.1, 0.15) is 12.8 Å². The molecule has 1 saturated carbocycles. The molecular formula is C9H12BrN3O2. The van der Waals surface area contributed by atoms with E-state index in [-0.39, 0.29) is 17.7 Å². The van der Waals surface area contributed by atoms with E-state index in [1.165, 1.54) is 4.68 Å². The van der Waals surface area contributed by atoms with Crippen molar-refractivity contribution < 1.29 is 5.11 Å². The molecule has 2 N–H and O–H groups in total. The van der Waals surface area contributed by atoms with Gasteiger partial charge in [0.2, 0.25) is 0 Å². The largest absolute Gasteiger partial charge is 0.394 e. The van der Waals surface area contributed by atoms with Crippen molar-refractivity contribution in [1.29, 1.82) is 0 Å². The number of nitrogens with one attached hydrogen (secondary N) is 1. The van der Waals surface area contributed by atoms with Crippen molar-refractivity contribution in [1.82, 2.24) is 9.78 Å². The third kappa shape index (κ3) is 1.91. The van der Waals surface area contributed by atoms with Gasteiger partial charge in [0, 0.05) is 7.05 Å². The standard InChI is InChI=1S/C9H12BrN3O2/c1-13-8(15)7(10)6(4-11-13)12-9(5-14)2-3-9/h4,12,14H,2-3,5H2,1H3. The van der Waals surface area contributed by atoms with E-state index in [1.807, 2.05) is 0 Å². The summed E-state index contributed by atoms with van der Waals surface area (Å²) < 4.78 is 1.72. The molecule has 6 heteroatoms. The lowest BCUT2D eigenvalue weighted by Crippen LogP contribution is -2.28. The van der Waals surface area contributed by atoms with E-state index in [1.54, 1.807) is 13.2 Å². The normalized spacial score (nSPS) is 17.5. The average molecular weight is 274 g/mol. The molecule has 0 bridgehead atoms. The van der Waals surface area contributed by atoms with Crippen LogP contribution in [0.2, 0.25) is 0 Å². The quantitative estimate of drug-likeness (QED) is 0.841. The summed E-state index contributed by atoms with van der Waals surface area (Å²) in [6.07, 6.45) is 3.43. The fourth-order valence-corrected chi connectivity index (χ4v) is 1.82. The molecule has 5 nitrogen and oxygen atoms in total. The molecule has 0 aliphatic heterocycles. The van der Waals surface area contributed by atoms with Gasteiger partial charge in [-0.1, -0.05) is 0 Å². The first-order chi connectivity index (χ1) is 7.08. The molecule has 0 saturated heterocycles. The maximum Gasteiger partial charge on any atom is 0.282 e. The third-order valence-electron chi connectivity index (χ3n) is 2.63. The highest BCUT2D eigenvalue weighted by Gasteiger charge is 2.42. The Labute approximate surface area is 95.2 Å². The van der Waals surface area contributed by atoms with E-state index >= 15 is 0 Å². The van der Waals surface area contributed by atoms with Crippen LogP contribution in [-0.4, -0.2) is 27.0 Å². The highest BCUT2D eigenvalue weighted by molar-refractivity contribution is 9.10. The van der Waals surface area contributed by atoms with Crippen LogP contribution in [0.4, 0.5) is 5.69 Å². The molecule has 0 radical (unpaired) electrons. The van der Waals surface area contributed by atoms with Crippen molar-refractivity contribution in [2.45, 2.75) is 18.4 Å². The van der Waals surface area contributed by atoms with Gasteiger partial charge in [-0.05, 0) is 28.8 Å². The number of aryl methyl sites for hydroxylation is 1. The first-order valence-electron chi connectivity index (χ1n) is 4.69. The minimum Gasteiger partial charge on any atom is -0.394 e. The number of rotatable bonds is 3. The van der Waals surface area contributed by atoms with Gasteiger partial charge in [0.15, 0.2) is 0 Å². The number of hydrogen-bond acceptors (Lipinski definition) is 4. The zero-order valence-corrected chi connectivity index (χ0v) is 9.91. The molecule has 82 valence electrons. The van der Waals surface area contributed by atoms with Crippen molar-refractivity contribution in [3.63, 3.8) is 0 Å². The number of aliphatic hydroxyl groups is 1. The summed E-state index contributed by atoms with van der Waals surface area (Å²) in [6, 6.07) is 0. The van der Waals surface area contributed by atoms with Gasteiger partial charge >= 0.3 is 0 Å². The maximum atomic E-state index is 11.5. The monoisotopic (exact) mass is 273 g/mol. The molecule has 1 aliphatic rings. The Morgan fingerprint density at radius 1 is 1.73 bits per heavy atom. The highest BCUT2D eigenvalue weighted by Crippen LogP contribution is 2.39. The Balaban J connectivity index is 2.30. The van der Waals surface area contributed by atoms with E-state index in [9.17, 15) is 4.79 Å². The lowest BCUT2D eigenvalue weighted by molar-refractivity contribution is 0.266. The summed E-state index contributed by atoms with van der Waals surface area (Å²) in [7, 11) is 1.59. The summed E-state index contributed by atoms with van der Waals surface area (Å²) >= 11 is 3.22. The molecule has 1 aliphatic carbocycles. The Kier molecular flexibility index (Phi) is 2.56. The number of anilines is 1. The second-order valence-electron chi connectivity index (χ2n) is 3.86. The van der Waals surface area contributed by atoms with E-state index < -0.39 is 0 Å². The predicted molar refractivity (Wildman–Crippen MR) is 59.9 cm³/mol. The zero-order chi connectivity index (χ0) is 11.1. The van der Waals surface area contributed by atoms with E-state index in [0.29, 0.717) is 10.2 Å². The van der Waals surface area contributed by atoms with Gasteiger partial charge in [-0.3, -0.25) is 4.79 Å². The van der Waals surface area contributed by atoms with Gasteiger partial charge < -0.3 is 10.4 Å². The van der Waals surface area contributed by atoms with Crippen LogP contribution < -0.4 is 10.9 Å². The van der Waals surface area contributed by atoms with Crippen molar-refractivity contribution in [2.24, 2.45) is 7.05 Å². The van der Waals surface area contributed by atoms with Crippen LogP contribution in [0.3, 0.4) is 0 Å². The molecule has 1 aromatic rings. The minimum atomic E-state index is -0.240. The van der Waals surface area contributed by atoms with Crippen LogP contribution in [0.15, 0.2) is 15.5 Å². The Morgan fingerprint density at radius 2 is 2.40 bits per heavy atom. The highest BCUT2D eigenvalue weighted by atomic mass is 79.9. The second-order valence-corrected chi connectivity index (χ2v) is 4.66. The molecule has 1 fully saturated rings. The Bertz CT molecular complexity index is 439. The molecule has 15 heavy (non-hydrogen) atoms. The van der Waals surface area contributed by atoms with E-state index in [0.717, 1.165) is 12.8 Å². The molecule has 0 amide bonds. The van der Waals surface area contributed by atoms with Gasteiger partial charge in [-0.2, -0.15) is 5.10 Å². The SMILES string of the molecule is Cn1ncc(NC2(CO)CC2)c(Br)c1=O. The number of hydrogen-bond donors (Lipinski definition) is 2. The van der Waals surface area contributed by atoms with Gasteiger partial charge in [0.05, 0.1) is 24.0 Å². The zero-order valence-electron chi connectivity index (χ0n) is 8.33. The fraction of sp³-hybridized carbons (Fsp3) is 0.556. The summed E-state index contributed by atoms with van der Waals surface area (Å²) in [5.74, 6) is 0. The minimum absolute atomic E-state index is 0.0780. The van der Waals surface area contributed by atoms with Gasteiger partial charge in [-0.15, -0.1) is 0 Å². The molecule has 0 atom stereocenters. The van der Waals surface area contributed by atoms with Gasteiger partial charge in [-0.25, -0.2) is 4.68 Å². The summed E-state index contributed by atoms with van der Waals surface area (Å²) in [6.45, 7) is 0.0780. The van der Waals surface area contributed by atoms with Crippen LogP contribution in [0.5, 0.6) is 0 Å². The van der Waals surface area contributed by atoms with Crippen LogP contribution in [0.25, 0.3) is 0 Å². The average Bonchev–Trinajstić information content (AvgIpc) is 3.00. The van der Waals surface area contributed by atoms with E-state index in [4.69, 9.17) is 5.11 Å². The van der Waals surface area contributed by atoms with Crippen LogP contribution in [-0.2, 0) is 7.05 Å². The maximum absolute atomic E-state index is 11.5. The molecular weight excluding hydrogens is 262 g/mol. The fourth-order valence-electron chi connectivity index (χ4n) is 1.36. The second kappa shape index (κ2) is 3.61. The molecule has 0 unspecified atom stereocenters. The predicted octanol–water partition coefficient (Wildman–Crippen LogP) is 0.480. The Morgan fingerprint density at radius 3 is 2.93 bits per heavy atom. The van der Waals surface area contributed by atoms with Crippen molar-refractivity contribution in [3.8, 4) is 0 Å².